The number of anilines is 1. The van der Waals surface area contributed by atoms with Crippen molar-refractivity contribution < 1.29 is 22.7 Å². The first kappa shape index (κ1) is 20.5. The van der Waals surface area contributed by atoms with Crippen LogP contribution in [0.25, 0.3) is 0 Å². The second kappa shape index (κ2) is 8.50. The SMILES string of the molecule is COCOCC1(c2ccccc2)SC(c2cc(F)ccc2F)=NN1c1nnc(C)o1. The van der Waals surface area contributed by atoms with Crippen molar-refractivity contribution in [2.75, 3.05) is 25.5 Å². The highest BCUT2D eigenvalue weighted by Crippen LogP contribution is 2.49. The molecule has 0 saturated carbocycles. The van der Waals surface area contributed by atoms with E-state index in [9.17, 15) is 8.78 Å². The molecule has 1 aliphatic heterocycles. The van der Waals surface area contributed by atoms with E-state index in [0.29, 0.717) is 5.89 Å². The standard InChI is InChI=1S/C20H18F2N4O3S/c1-13-23-24-19(29-13)26-20(11-28-12-27-2,14-6-4-3-5-7-14)30-18(25-26)16-10-15(21)8-9-17(16)22/h3-10H,11-12H2,1-2H3. The van der Waals surface area contributed by atoms with Crippen molar-refractivity contribution in [3.63, 3.8) is 0 Å². The largest absolute Gasteiger partial charge is 0.407 e. The van der Waals surface area contributed by atoms with Gasteiger partial charge in [0, 0.05) is 19.6 Å². The van der Waals surface area contributed by atoms with Gasteiger partial charge in [-0.1, -0.05) is 47.2 Å². The van der Waals surface area contributed by atoms with Crippen LogP contribution in [0.1, 0.15) is 17.0 Å². The summed E-state index contributed by atoms with van der Waals surface area (Å²) in [6.45, 7) is 1.79. The summed E-state index contributed by atoms with van der Waals surface area (Å²) in [7, 11) is 1.51. The van der Waals surface area contributed by atoms with Gasteiger partial charge in [-0.05, 0) is 23.8 Å². The number of nitrogens with zero attached hydrogens (tertiary/aromatic N) is 4. The maximum Gasteiger partial charge on any atom is 0.341 e. The van der Waals surface area contributed by atoms with Crippen LogP contribution in [0.3, 0.4) is 0 Å². The van der Waals surface area contributed by atoms with Gasteiger partial charge in [0.15, 0.2) is 4.87 Å². The number of aromatic nitrogens is 2. The van der Waals surface area contributed by atoms with Crippen LogP contribution in [0, 0.1) is 18.6 Å². The van der Waals surface area contributed by atoms with Gasteiger partial charge in [0.2, 0.25) is 5.89 Å². The predicted molar refractivity (Wildman–Crippen MR) is 108 cm³/mol. The number of thioether (sulfide) groups is 1. The molecule has 1 atom stereocenters. The average molecular weight is 432 g/mol. The molecule has 1 aromatic heterocycles. The van der Waals surface area contributed by atoms with Gasteiger partial charge in [-0.3, -0.25) is 0 Å². The number of benzene rings is 2. The number of rotatable bonds is 7. The van der Waals surface area contributed by atoms with Crippen LogP contribution >= 0.6 is 11.8 Å². The number of halogens is 2. The van der Waals surface area contributed by atoms with Gasteiger partial charge >= 0.3 is 6.01 Å². The van der Waals surface area contributed by atoms with Crippen molar-refractivity contribution in [3.8, 4) is 0 Å². The Hall–Kier alpha value is -2.82. The molecule has 0 radical (unpaired) electrons. The van der Waals surface area contributed by atoms with Crippen LogP contribution in [0.15, 0.2) is 58.0 Å². The Balaban J connectivity index is 1.85. The molecule has 0 spiro atoms. The van der Waals surface area contributed by atoms with Crippen molar-refractivity contribution in [1.82, 2.24) is 10.2 Å². The van der Waals surface area contributed by atoms with E-state index in [-0.39, 0.29) is 30.0 Å². The van der Waals surface area contributed by atoms with E-state index < -0.39 is 16.5 Å². The first-order valence-electron chi connectivity index (χ1n) is 8.99. The zero-order valence-corrected chi connectivity index (χ0v) is 17.0. The lowest BCUT2D eigenvalue weighted by molar-refractivity contribution is -0.0394. The Kier molecular flexibility index (Phi) is 5.80. The predicted octanol–water partition coefficient (Wildman–Crippen LogP) is 4.04. The molecule has 1 unspecified atom stereocenters. The Bertz CT molecular complexity index is 1060. The van der Waals surface area contributed by atoms with E-state index in [4.69, 9.17) is 13.9 Å². The molecule has 2 aromatic carbocycles. The van der Waals surface area contributed by atoms with Crippen molar-refractivity contribution in [2.45, 2.75) is 11.8 Å². The van der Waals surface area contributed by atoms with Gasteiger partial charge in [0.05, 0.1) is 6.61 Å². The fraction of sp³-hybridized carbons (Fsp3) is 0.250. The molecule has 0 fully saturated rings. The molecular weight excluding hydrogens is 414 g/mol. The van der Waals surface area contributed by atoms with Crippen LogP contribution in [-0.2, 0) is 14.3 Å². The van der Waals surface area contributed by atoms with Crippen molar-refractivity contribution in [2.24, 2.45) is 5.10 Å². The Morgan fingerprint density at radius 2 is 1.93 bits per heavy atom. The molecule has 1 aliphatic rings. The molecule has 3 aromatic rings. The summed E-state index contributed by atoms with van der Waals surface area (Å²) in [5, 5.41) is 14.2. The lowest BCUT2D eigenvalue weighted by Crippen LogP contribution is -2.42. The second-order valence-corrected chi connectivity index (χ2v) is 7.72. The molecule has 0 amide bonds. The minimum atomic E-state index is -1.01. The van der Waals surface area contributed by atoms with Crippen LogP contribution in [0.2, 0.25) is 0 Å². The third kappa shape index (κ3) is 3.81. The maximum absolute atomic E-state index is 14.5. The van der Waals surface area contributed by atoms with Crippen molar-refractivity contribution >= 4 is 22.8 Å². The maximum atomic E-state index is 14.5. The number of hydrazone groups is 1. The van der Waals surface area contributed by atoms with Gasteiger partial charge < -0.3 is 13.9 Å². The summed E-state index contributed by atoms with van der Waals surface area (Å²) in [5.41, 5.74) is 0.836. The molecule has 30 heavy (non-hydrogen) atoms. The quantitative estimate of drug-likeness (QED) is 0.412. The highest BCUT2D eigenvalue weighted by atomic mass is 32.2. The smallest absolute Gasteiger partial charge is 0.341 e. The Morgan fingerprint density at radius 3 is 2.63 bits per heavy atom. The topological polar surface area (TPSA) is 73.0 Å². The van der Waals surface area contributed by atoms with Gasteiger partial charge in [0.1, 0.15) is 23.5 Å². The Labute approximate surface area is 175 Å². The monoisotopic (exact) mass is 432 g/mol. The van der Waals surface area contributed by atoms with Gasteiger partial charge in [-0.15, -0.1) is 5.10 Å². The molecule has 2 heterocycles. The second-order valence-electron chi connectivity index (χ2n) is 6.45. The molecule has 0 aliphatic carbocycles. The first-order chi connectivity index (χ1) is 14.5. The fourth-order valence-corrected chi connectivity index (χ4v) is 4.36. The molecule has 156 valence electrons. The van der Waals surface area contributed by atoms with Gasteiger partial charge in [-0.2, -0.15) is 10.1 Å². The number of hydrogen-bond acceptors (Lipinski definition) is 8. The molecule has 10 heteroatoms. The minimum Gasteiger partial charge on any atom is -0.407 e. The van der Waals surface area contributed by atoms with E-state index in [1.807, 2.05) is 30.3 Å². The molecule has 0 saturated heterocycles. The van der Waals surface area contributed by atoms with E-state index in [0.717, 1.165) is 23.8 Å². The lowest BCUT2D eigenvalue weighted by atomic mass is 10.1. The number of aryl methyl sites for hydroxylation is 1. The fourth-order valence-electron chi connectivity index (χ4n) is 3.05. The summed E-state index contributed by atoms with van der Waals surface area (Å²) in [6, 6.07) is 12.7. The highest BCUT2D eigenvalue weighted by Gasteiger charge is 2.49. The van der Waals surface area contributed by atoms with Crippen LogP contribution in [0.4, 0.5) is 14.8 Å². The first-order valence-corrected chi connectivity index (χ1v) is 9.81. The van der Waals surface area contributed by atoms with Crippen LogP contribution < -0.4 is 5.01 Å². The zero-order chi connectivity index (χ0) is 21.1. The summed E-state index contributed by atoms with van der Waals surface area (Å²) in [5.74, 6) is -0.816. The number of hydrogen-bond donors (Lipinski definition) is 0. The lowest BCUT2D eigenvalue weighted by Gasteiger charge is -2.34. The third-order valence-electron chi connectivity index (χ3n) is 4.38. The van der Waals surface area contributed by atoms with E-state index >= 15 is 0 Å². The summed E-state index contributed by atoms with van der Waals surface area (Å²) in [4.78, 5) is -1.01. The molecule has 0 bridgehead atoms. The van der Waals surface area contributed by atoms with Crippen molar-refractivity contribution in [3.05, 3.63) is 77.2 Å². The van der Waals surface area contributed by atoms with E-state index in [2.05, 4.69) is 15.3 Å². The normalized spacial score (nSPS) is 18.7. The summed E-state index contributed by atoms with van der Waals surface area (Å²) < 4.78 is 44.7. The highest BCUT2D eigenvalue weighted by molar-refractivity contribution is 8.15. The zero-order valence-electron chi connectivity index (χ0n) is 16.2. The van der Waals surface area contributed by atoms with E-state index in [1.54, 1.807) is 6.92 Å². The molecular formula is C20H18F2N4O3S. The average Bonchev–Trinajstić information content (AvgIpc) is 3.35. The summed E-state index contributed by atoms with van der Waals surface area (Å²) in [6.07, 6.45) is 0. The van der Waals surface area contributed by atoms with Crippen LogP contribution in [-0.4, -0.2) is 35.8 Å². The molecule has 0 N–H and O–H groups in total. The van der Waals surface area contributed by atoms with Crippen LogP contribution in [0.5, 0.6) is 0 Å². The number of methoxy groups -OCH3 is 1. The van der Waals surface area contributed by atoms with E-state index in [1.165, 1.54) is 23.9 Å². The van der Waals surface area contributed by atoms with Gasteiger partial charge in [-0.25, -0.2) is 8.78 Å². The van der Waals surface area contributed by atoms with Crippen molar-refractivity contribution in [1.29, 1.82) is 0 Å². The van der Waals surface area contributed by atoms with Gasteiger partial charge in [0.25, 0.3) is 0 Å². The molecule has 7 nitrogen and oxygen atoms in total. The number of ether oxygens (including phenoxy) is 2. The Morgan fingerprint density at radius 1 is 1.13 bits per heavy atom. The minimum absolute atomic E-state index is 0.0331. The summed E-state index contributed by atoms with van der Waals surface area (Å²) >= 11 is 1.21. The molecule has 4 rings (SSSR count). The third-order valence-corrected chi connectivity index (χ3v) is 5.74.